The number of rotatable bonds is 11. The number of nitrogens with zero attached hydrogens (tertiary/aromatic N) is 6. The van der Waals surface area contributed by atoms with Crippen molar-refractivity contribution in [1.29, 1.82) is 0 Å². The van der Waals surface area contributed by atoms with Gasteiger partial charge in [-0.1, -0.05) is 6.07 Å². The minimum absolute atomic E-state index is 0.00162. The summed E-state index contributed by atoms with van der Waals surface area (Å²) in [5.74, 6) is 2.30. The number of imidazole rings is 1. The van der Waals surface area contributed by atoms with Crippen LogP contribution in [0.1, 0.15) is 17.7 Å². The number of nitrogens with one attached hydrogen (secondary N) is 1. The molecule has 1 aliphatic heterocycles. The number of piperazine rings is 1. The number of methoxy groups -OCH3 is 3. The topological polar surface area (TPSA) is 124 Å². The monoisotopic (exact) mass is 537 g/mol. The molecule has 1 saturated heterocycles. The van der Waals surface area contributed by atoms with Crippen molar-refractivity contribution in [2.75, 3.05) is 59.0 Å². The van der Waals surface area contributed by atoms with E-state index < -0.39 is 0 Å². The average Bonchev–Trinajstić information content (AvgIpc) is 3.48. The summed E-state index contributed by atoms with van der Waals surface area (Å²) in [5, 5.41) is 3.02. The molecule has 12 nitrogen and oxygen atoms in total. The van der Waals surface area contributed by atoms with Gasteiger partial charge in [-0.3, -0.25) is 14.2 Å². The minimum atomic E-state index is -0.273. The van der Waals surface area contributed by atoms with Gasteiger partial charge in [0.2, 0.25) is 17.8 Å². The molecule has 1 unspecified atom stereocenters. The van der Waals surface area contributed by atoms with E-state index in [4.69, 9.17) is 19.2 Å². The minimum Gasteiger partial charge on any atom is -0.493 e. The Balaban J connectivity index is 1.46. The number of anilines is 1. The molecule has 1 fully saturated rings. The fourth-order valence-electron chi connectivity index (χ4n) is 4.62. The molecule has 208 valence electrons. The van der Waals surface area contributed by atoms with Crippen LogP contribution in [0.25, 0.3) is 5.95 Å². The van der Waals surface area contributed by atoms with Crippen molar-refractivity contribution < 1.29 is 23.8 Å². The normalized spacial score (nSPS) is 15.2. The van der Waals surface area contributed by atoms with E-state index in [1.807, 2.05) is 31.2 Å². The maximum atomic E-state index is 13.1. The number of aryl methyl sites for hydroxylation is 1. The van der Waals surface area contributed by atoms with E-state index in [1.165, 1.54) is 7.11 Å². The first-order chi connectivity index (χ1) is 18.9. The molecule has 2 amide bonds. The first-order valence-electron chi connectivity index (χ1n) is 12.8. The lowest BCUT2D eigenvalue weighted by molar-refractivity contribution is -0.136. The van der Waals surface area contributed by atoms with Gasteiger partial charge in [-0.25, -0.2) is 9.97 Å². The lowest BCUT2D eigenvalue weighted by Gasteiger charge is -2.42. The lowest BCUT2D eigenvalue weighted by Crippen LogP contribution is -2.57. The summed E-state index contributed by atoms with van der Waals surface area (Å²) in [6.45, 7) is 3.78. The second kappa shape index (κ2) is 13.1. The molecule has 12 heteroatoms. The molecule has 1 aromatic carbocycles. The summed E-state index contributed by atoms with van der Waals surface area (Å²) in [6.07, 6.45) is 5.93. The third kappa shape index (κ3) is 7.02. The molecule has 3 heterocycles. The fraction of sp³-hybridized carbons (Fsp3) is 0.444. The zero-order valence-electron chi connectivity index (χ0n) is 22.8. The zero-order valence-corrected chi connectivity index (χ0v) is 22.8. The highest BCUT2D eigenvalue weighted by Crippen LogP contribution is 2.27. The van der Waals surface area contributed by atoms with E-state index in [1.54, 1.807) is 42.4 Å². The first kappa shape index (κ1) is 27.8. The molecule has 0 radical (unpaired) electrons. The quantitative estimate of drug-likeness (QED) is 0.387. The Bertz CT molecular complexity index is 1270. The molecule has 4 rings (SSSR count). The summed E-state index contributed by atoms with van der Waals surface area (Å²) in [7, 11) is 4.69. The van der Waals surface area contributed by atoms with Gasteiger partial charge in [-0.15, -0.1) is 0 Å². The standard InChI is InChI=1S/C27H35N7O5/c1-19-13-24(31-27(30-19)33-10-9-28-18-33)34-12-11-32(26(36)17-37-2)16-21(34)15-25(35)29-8-7-20-5-6-22(38-3)23(14-20)39-4/h5-6,9-10,13-14,18,21H,7-8,11-12,15-17H2,1-4H3,(H,29,35). The Labute approximate surface area is 227 Å². The van der Waals surface area contributed by atoms with Crippen LogP contribution in [-0.4, -0.2) is 96.4 Å². The summed E-state index contributed by atoms with van der Waals surface area (Å²) in [5.41, 5.74) is 1.81. The Morgan fingerprint density at radius 1 is 1.08 bits per heavy atom. The van der Waals surface area contributed by atoms with Gasteiger partial charge in [0.1, 0.15) is 18.8 Å². The van der Waals surface area contributed by atoms with E-state index in [2.05, 4.69) is 20.2 Å². The molecule has 0 saturated carbocycles. The molecule has 0 spiro atoms. The molecule has 1 N–H and O–H groups in total. The molecular formula is C27H35N7O5. The smallest absolute Gasteiger partial charge is 0.248 e. The van der Waals surface area contributed by atoms with E-state index in [0.717, 1.165) is 11.3 Å². The summed E-state index contributed by atoms with van der Waals surface area (Å²) < 4.78 is 17.5. The van der Waals surface area contributed by atoms with Crippen molar-refractivity contribution in [2.45, 2.75) is 25.8 Å². The number of hydrogen-bond donors (Lipinski definition) is 1. The van der Waals surface area contributed by atoms with Gasteiger partial charge in [0, 0.05) is 63.9 Å². The highest BCUT2D eigenvalue weighted by molar-refractivity contribution is 5.79. The van der Waals surface area contributed by atoms with Crippen molar-refractivity contribution in [2.24, 2.45) is 0 Å². The summed E-state index contributed by atoms with van der Waals surface area (Å²) in [6, 6.07) is 7.33. The van der Waals surface area contributed by atoms with Gasteiger partial charge in [0.15, 0.2) is 11.5 Å². The molecular weight excluding hydrogens is 502 g/mol. The van der Waals surface area contributed by atoms with Gasteiger partial charge >= 0.3 is 0 Å². The second-order valence-corrected chi connectivity index (χ2v) is 9.25. The SMILES string of the molecule is COCC(=O)N1CCN(c2cc(C)nc(-n3ccnc3)n2)C(CC(=O)NCCc2ccc(OC)c(OC)c2)C1. The van der Waals surface area contributed by atoms with Crippen LogP contribution in [0, 0.1) is 6.92 Å². The highest BCUT2D eigenvalue weighted by atomic mass is 16.5. The number of amides is 2. The van der Waals surface area contributed by atoms with Gasteiger partial charge in [-0.05, 0) is 31.0 Å². The molecule has 1 atom stereocenters. The number of benzene rings is 1. The number of carbonyl (C=O) groups excluding carboxylic acids is 2. The van der Waals surface area contributed by atoms with Crippen LogP contribution in [0.5, 0.6) is 11.5 Å². The van der Waals surface area contributed by atoms with Crippen molar-refractivity contribution in [3.63, 3.8) is 0 Å². The van der Waals surface area contributed by atoms with Crippen LogP contribution in [0.2, 0.25) is 0 Å². The predicted molar refractivity (Wildman–Crippen MR) is 144 cm³/mol. The van der Waals surface area contributed by atoms with Crippen molar-refractivity contribution >= 4 is 17.6 Å². The molecule has 0 aliphatic carbocycles. The van der Waals surface area contributed by atoms with Crippen LogP contribution >= 0.6 is 0 Å². The summed E-state index contributed by atoms with van der Waals surface area (Å²) >= 11 is 0. The van der Waals surface area contributed by atoms with Gasteiger partial charge in [-0.2, -0.15) is 4.98 Å². The second-order valence-electron chi connectivity index (χ2n) is 9.25. The van der Waals surface area contributed by atoms with E-state index >= 15 is 0 Å². The van der Waals surface area contributed by atoms with Crippen LogP contribution in [0.4, 0.5) is 5.82 Å². The van der Waals surface area contributed by atoms with Crippen LogP contribution in [0.3, 0.4) is 0 Å². The van der Waals surface area contributed by atoms with Crippen LogP contribution in [0.15, 0.2) is 43.0 Å². The lowest BCUT2D eigenvalue weighted by atomic mass is 10.1. The Morgan fingerprint density at radius 2 is 1.90 bits per heavy atom. The fourth-order valence-corrected chi connectivity index (χ4v) is 4.62. The zero-order chi connectivity index (χ0) is 27.8. The van der Waals surface area contributed by atoms with Crippen molar-refractivity contribution in [3.05, 3.63) is 54.2 Å². The highest BCUT2D eigenvalue weighted by Gasteiger charge is 2.32. The van der Waals surface area contributed by atoms with Gasteiger partial charge in [0.05, 0.1) is 20.3 Å². The molecule has 0 bridgehead atoms. The number of carbonyl (C=O) groups is 2. The van der Waals surface area contributed by atoms with Crippen molar-refractivity contribution in [3.8, 4) is 17.4 Å². The largest absolute Gasteiger partial charge is 0.493 e. The van der Waals surface area contributed by atoms with E-state index in [0.29, 0.717) is 55.9 Å². The third-order valence-corrected chi connectivity index (χ3v) is 6.57. The molecule has 1 aliphatic rings. The maximum absolute atomic E-state index is 13.1. The van der Waals surface area contributed by atoms with Crippen molar-refractivity contribution in [1.82, 2.24) is 29.7 Å². The molecule has 39 heavy (non-hydrogen) atoms. The van der Waals surface area contributed by atoms with Gasteiger partial charge < -0.3 is 29.3 Å². The van der Waals surface area contributed by atoms with Crippen LogP contribution in [-0.2, 0) is 20.7 Å². The predicted octanol–water partition coefficient (Wildman–Crippen LogP) is 1.40. The van der Waals surface area contributed by atoms with E-state index in [-0.39, 0.29) is 30.9 Å². The Hall–Kier alpha value is -4.19. The average molecular weight is 538 g/mol. The number of ether oxygens (including phenoxy) is 3. The third-order valence-electron chi connectivity index (χ3n) is 6.57. The first-order valence-corrected chi connectivity index (χ1v) is 12.8. The molecule has 3 aromatic rings. The van der Waals surface area contributed by atoms with Crippen LogP contribution < -0.4 is 19.7 Å². The summed E-state index contributed by atoms with van der Waals surface area (Å²) in [4.78, 5) is 42.8. The Morgan fingerprint density at radius 3 is 2.62 bits per heavy atom. The number of aromatic nitrogens is 4. The maximum Gasteiger partial charge on any atom is 0.248 e. The van der Waals surface area contributed by atoms with Gasteiger partial charge in [0.25, 0.3) is 0 Å². The number of hydrogen-bond acceptors (Lipinski definition) is 9. The molecule has 2 aromatic heterocycles. The van der Waals surface area contributed by atoms with E-state index in [9.17, 15) is 9.59 Å². The Kier molecular flexibility index (Phi) is 9.31.